The first-order chi connectivity index (χ1) is 7.04. The maximum Gasteiger partial charge on any atom is 0.514 e. The molecule has 0 aliphatic rings. The number of hydrogen-bond acceptors (Lipinski definition) is 5. The van der Waals surface area contributed by atoms with E-state index in [1.165, 1.54) is 14.0 Å². The normalized spacial score (nSPS) is 9.53. The van der Waals surface area contributed by atoms with Crippen molar-refractivity contribution in [3.05, 3.63) is 10.4 Å². The Morgan fingerprint density at radius 3 is 2.73 bits per heavy atom. The van der Waals surface area contributed by atoms with Crippen molar-refractivity contribution in [2.45, 2.75) is 6.92 Å². The average molecular weight is 250 g/mol. The molecule has 7 heteroatoms. The van der Waals surface area contributed by atoms with Gasteiger partial charge < -0.3 is 14.8 Å². The van der Waals surface area contributed by atoms with Gasteiger partial charge in [0.25, 0.3) is 0 Å². The first kappa shape index (κ1) is 11.8. The van der Waals surface area contributed by atoms with Crippen LogP contribution in [0.15, 0.2) is 5.38 Å². The van der Waals surface area contributed by atoms with Crippen LogP contribution in [0, 0.1) is 0 Å². The third-order valence-corrected chi connectivity index (χ3v) is 2.64. The lowest BCUT2D eigenvalue weighted by molar-refractivity contribution is -0.114. The highest BCUT2D eigenvalue weighted by molar-refractivity contribution is 7.13. The monoisotopic (exact) mass is 249 g/mol. The van der Waals surface area contributed by atoms with Crippen LogP contribution in [0.4, 0.5) is 10.5 Å². The number of carbonyl (C=O) groups excluding carboxylic acids is 2. The lowest BCUT2D eigenvalue weighted by Gasteiger charge is -2.04. The summed E-state index contributed by atoms with van der Waals surface area (Å²) >= 11 is 6.87. The molecule has 1 N–H and O–H groups in total. The van der Waals surface area contributed by atoms with Crippen LogP contribution in [-0.4, -0.2) is 19.2 Å². The molecule has 0 fully saturated rings. The molecule has 0 aliphatic heterocycles. The molecule has 0 bridgehead atoms. The highest BCUT2D eigenvalue weighted by Crippen LogP contribution is 2.39. The molecule has 1 amide bonds. The standard InChI is InChI=1S/C8H8ClNO4S/c1-4(11)10-6-5(9)3-15-7(6)14-8(12)13-2/h3H,1-2H3,(H,10,11). The summed E-state index contributed by atoms with van der Waals surface area (Å²) in [5.74, 6) is -0.301. The van der Waals surface area contributed by atoms with Crippen LogP contribution >= 0.6 is 22.9 Å². The van der Waals surface area contributed by atoms with Gasteiger partial charge in [-0.25, -0.2) is 4.79 Å². The summed E-state index contributed by atoms with van der Waals surface area (Å²) in [6.07, 6.45) is -0.861. The Hall–Kier alpha value is -1.27. The first-order valence-corrected chi connectivity index (χ1v) is 5.10. The Labute approximate surface area is 94.9 Å². The molecule has 1 heterocycles. The summed E-state index contributed by atoms with van der Waals surface area (Å²) in [6.45, 7) is 1.33. The van der Waals surface area contributed by atoms with Crippen molar-refractivity contribution in [3.8, 4) is 5.06 Å². The Morgan fingerprint density at radius 1 is 1.53 bits per heavy atom. The van der Waals surface area contributed by atoms with Gasteiger partial charge in [0, 0.05) is 12.3 Å². The molecule has 1 aromatic heterocycles. The molecule has 5 nitrogen and oxygen atoms in total. The van der Waals surface area contributed by atoms with Crippen molar-refractivity contribution in [2.75, 3.05) is 12.4 Å². The first-order valence-electron chi connectivity index (χ1n) is 3.85. The molecular formula is C8H8ClNO4S. The van der Waals surface area contributed by atoms with Crippen LogP contribution in [-0.2, 0) is 9.53 Å². The Kier molecular flexibility index (Phi) is 3.93. The van der Waals surface area contributed by atoms with Gasteiger partial charge in [-0.3, -0.25) is 4.79 Å². The summed E-state index contributed by atoms with van der Waals surface area (Å²) in [7, 11) is 1.19. The Morgan fingerprint density at radius 2 is 2.20 bits per heavy atom. The van der Waals surface area contributed by atoms with Crippen molar-refractivity contribution in [3.63, 3.8) is 0 Å². The van der Waals surface area contributed by atoms with Gasteiger partial charge in [-0.15, -0.1) is 11.3 Å². The molecule has 0 unspecified atom stereocenters. The number of amides is 1. The predicted octanol–water partition coefficient (Wildman–Crippen LogP) is 2.51. The lowest BCUT2D eigenvalue weighted by atomic mass is 10.5. The summed E-state index contributed by atoms with van der Waals surface area (Å²) in [6, 6.07) is 0. The van der Waals surface area contributed by atoms with Crippen LogP contribution in [0.1, 0.15) is 6.92 Å². The molecule has 0 spiro atoms. The maximum atomic E-state index is 10.8. The van der Waals surface area contributed by atoms with E-state index in [1.807, 2.05) is 0 Å². The van der Waals surface area contributed by atoms with E-state index >= 15 is 0 Å². The highest BCUT2D eigenvalue weighted by Gasteiger charge is 2.16. The topological polar surface area (TPSA) is 64.6 Å². The smallest absolute Gasteiger partial charge is 0.437 e. The van der Waals surface area contributed by atoms with Gasteiger partial charge in [0.2, 0.25) is 11.0 Å². The minimum Gasteiger partial charge on any atom is -0.437 e. The number of thiophene rings is 1. The van der Waals surface area contributed by atoms with Gasteiger partial charge in [-0.05, 0) is 0 Å². The molecule has 15 heavy (non-hydrogen) atoms. The number of hydrogen-bond donors (Lipinski definition) is 1. The number of methoxy groups -OCH3 is 1. The molecule has 0 saturated carbocycles. The van der Waals surface area contributed by atoms with Crippen LogP contribution in [0.5, 0.6) is 5.06 Å². The lowest BCUT2D eigenvalue weighted by Crippen LogP contribution is -2.10. The van der Waals surface area contributed by atoms with Crippen LogP contribution in [0.3, 0.4) is 0 Å². The second-order valence-electron chi connectivity index (χ2n) is 2.48. The maximum absolute atomic E-state index is 10.8. The summed E-state index contributed by atoms with van der Waals surface area (Å²) < 4.78 is 9.09. The third kappa shape index (κ3) is 3.10. The van der Waals surface area contributed by atoms with Gasteiger partial charge in [0.15, 0.2) is 0 Å². The fourth-order valence-corrected chi connectivity index (χ4v) is 1.85. The average Bonchev–Trinajstić information content (AvgIpc) is 2.49. The molecule has 82 valence electrons. The van der Waals surface area contributed by atoms with E-state index in [0.29, 0.717) is 5.02 Å². The van der Waals surface area contributed by atoms with E-state index in [-0.39, 0.29) is 16.7 Å². The van der Waals surface area contributed by atoms with Crippen LogP contribution in [0.2, 0.25) is 5.02 Å². The van der Waals surface area contributed by atoms with E-state index in [1.54, 1.807) is 5.38 Å². The quantitative estimate of drug-likeness (QED) is 0.818. The third-order valence-electron chi connectivity index (χ3n) is 1.36. The van der Waals surface area contributed by atoms with E-state index in [2.05, 4.69) is 10.1 Å². The SMILES string of the molecule is COC(=O)Oc1scc(Cl)c1NC(C)=O. The second-order valence-corrected chi connectivity index (χ2v) is 3.73. The largest absolute Gasteiger partial charge is 0.514 e. The Balaban J connectivity index is 2.88. The minimum absolute atomic E-state index is 0.196. The van der Waals surface area contributed by atoms with Crippen molar-refractivity contribution >= 4 is 40.7 Å². The zero-order valence-corrected chi connectivity index (χ0v) is 9.57. The zero-order valence-electron chi connectivity index (χ0n) is 8.00. The molecule has 0 saturated heterocycles. The summed E-state index contributed by atoms with van der Waals surface area (Å²) in [4.78, 5) is 21.7. The number of halogens is 1. The number of carbonyl (C=O) groups is 2. The van der Waals surface area contributed by atoms with Crippen molar-refractivity contribution in [2.24, 2.45) is 0 Å². The summed E-state index contributed by atoms with van der Waals surface area (Å²) in [5.41, 5.74) is 0.277. The van der Waals surface area contributed by atoms with Crippen molar-refractivity contribution in [1.82, 2.24) is 0 Å². The van der Waals surface area contributed by atoms with Gasteiger partial charge >= 0.3 is 6.16 Å². The Bertz CT molecular complexity index is 390. The molecule has 1 aromatic rings. The second kappa shape index (κ2) is 4.99. The zero-order chi connectivity index (χ0) is 11.4. The predicted molar refractivity (Wildman–Crippen MR) is 56.7 cm³/mol. The van der Waals surface area contributed by atoms with Crippen molar-refractivity contribution < 1.29 is 19.1 Å². The van der Waals surface area contributed by atoms with Gasteiger partial charge in [-0.1, -0.05) is 11.6 Å². The number of rotatable bonds is 2. The van der Waals surface area contributed by atoms with Gasteiger partial charge in [-0.2, -0.15) is 0 Å². The van der Waals surface area contributed by atoms with Gasteiger partial charge in [0.05, 0.1) is 12.1 Å². The number of ether oxygens (including phenoxy) is 2. The van der Waals surface area contributed by atoms with E-state index < -0.39 is 6.16 Å². The molecule has 0 radical (unpaired) electrons. The van der Waals surface area contributed by atoms with Crippen LogP contribution in [0.25, 0.3) is 0 Å². The van der Waals surface area contributed by atoms with E-state index in [4.69, 9.17) is 16.3 Å². The highest BCUT2D eigenvalue weighted by atomic mass is 35.5. The van der Waals surface area contributed by atoms with Crippen LogP contribution < -0.4 is 10.1 Å². The summed E-state index contributed by atoms with van der Waals surface area (Å²) in [5, 5.41) is 4.51. The molecular weight excluding hydrogens is 242 g/mol. The van der Waals surface area contributed by atoms with Crippen molar-refractivity contribution in [1.29, 1.82) is 0 Å². The molecule has 0 aromatic carbocycles. The fraction of sp³-hybridized carbons (Fsp3) is 0.250. The molecule has 0 atom stereocenters. The van der Waals surface area contributed by atoms with E-state index in [9.17, 15) is 9.59 Å². The van der Waals surface area contributed by atoms with Gasteiger partial charge in [0.1, 0.15) is 5.69 Å². The molecule has 1 rings (SSSR count). The fourth-order valence-electron chi connectivity index (χ4n) is 0.800. The molecule has 0 aliphatic carbocycles. The number of nitrogens with one attached hydrogen (secondary N) is 1. The number of anilines is 1. The van der Waals surface area contributed by atoms with E-state index in [0.717, 1.165) is 11.3 Å². The minimum atomic E-state index is -0.861.